The molecule has 0 aromatic heterocycles. The van der Waals surface area contributed by atoms with Crippen molar-refractivity contribution in [2.75, 3.05) is 0 Å². The smallest absolute Gasteiger partial charge is 0.294 e. The van der Waals surface area contributed by atoms with E-state index in [2.05, 4.69) is 38.5 Å². The monoisotopic (exact) mass is 468 g/mol. The van der Waals surface area contributed by atoms with E-state index in [1.807, 2.05) is 12.1 Å². The zero-order chi connectivity index (χ0) is 15.6. The Morgan fingerprint density at radius 3 is 2.29 bits per heavy atom. The number of halogens is 5. The van der Waals surface area contributed by atoms with E-state index in [0.29, 0.717) is 10.0 Å². The first kappa shape index (κ1) is 16.5. The summed E-state index contributed by atoms with van der Waals surface area (Å²) in [5, 5.41) is 0. The summed E-state index contributed by atoms with van der Waals surface area (Å²) in [5.41, 5.74) is -0.520. The van der Waals surface area contributed by atoms with Gasteiger partial charge >= 0.3 is 6.18 Å². The van der Waals surface area contributed by atoms with Crippen molar-refractivity contribution in [3.8, 4) is 0 Å². The first-order valence-electron chi connectivity index (χ1n) is 5.92. The summed E-state index contributed by atoms with van der Waals surface area (Å²) in [5.74, 6) is -0.545. The average molecular weight is 469 g/mol. The SMILES string of the molecule is O=C(Cc1ccc(I)cc1)c1ccc(Br)cc1C(F)(F)F. The molecule has 0 aliphatic rings. The Balaban J connectivity index is 2.33. The third kappa shape index (κ3) is 4.29. The van der Waals surface area contributed by atoms with E-state index in [1.54, 1.807) is 12.1 Å². The summed E-state index contributed by atoms with van der Waals surface area (Å²) < 4.78 is 40.3. The number of rotatable bonds is 3. The van der Waals surface area contributed by atoms with Gasteiger partial charge in [0.25, 0.3) is 0 Å². The van der Waals surface area contributed by atoms with E-state index in [4.69, 9.17) is 0 Å². The van der Waals surface area contributed by atoms with E-state index < -0.39 is 17.5 Å². The molecule has 6 heteroatoms. The summed E-state index contributed by atoms with van der Waals surface area (Å²) in [4.78, 5) is 12.2. The van der Waals surface area contributed by atoms with E-state index in [0.717, 1.165) is 9.64 Å². The van der Waals surface area contributed by atoms with Crippen molar-refractivity contribution < 1.29 is 18.0 Å². The van der Waals surface area contributed by atoms with Crippen LogP contribution in [0.15, 0.2) is 46.9 Å². The van der Waals surface area contributed by atoms with Crippen LogP contribution in [0.4, 0.5) is 13.2 Å². The van der Waals surface area contributed by atoms with Gasteiger partial charge in [0.15, 0.2) is 5.78 Å². The minimum atomic E-state index is -4.55. The second-order valence-corrected chi connectivity index (χ2v) is 6.58. The molecule has 0 atom stereocenters. The molecular weight excluding hydrogens is 460 g/mol. The molecule has 110 valence electrons. The quantitative estimate of drug-likeness (QED) is 0.429. The van der Waals surface area contributed by atoms with E-state index in [1.165, 1.54) is 12.1 Å². The topological polar surface area (TPSA) is 17.1 Å². The Hall–Kier alpha value is -0.890. The van der Waals surface area contributed by atoms with Gasteiger partial charge in [-0.15, -0.1) is 0 Å². The zero-order valence-electron chi connectivity index (χ0n) is 10.5. The molecule has 2 aromatic rings. The molecule has 0 amide bonds. The highest BCUT2D eigenvalue weighted by molar-refractivity contribution is 14.1. The van der Waals surface area contributed by atoms with Gasteiger partial charge < -0.3 is 0 Å². The minimum absolute atomic E-state index is 0.0539. The van der Waals surface area contributed by atoms with Crippen LogP contribution in [-0.4, -0.2) is 5.78 Å². The van der Waals surface area contributed by atoms with E-state index >= 15 is 0 Å². The zero-order valence-corrected chi connectivity index (χ0v) is 14.3. The molecule has 1 nitrogen and oxygen atoms in total. The van der Waals surface area contributed by atoms with Crippen LogP contribution in [0, 0.1) is 3.57 Å². The first-order valence-corrected chi connectivity index (χ1v) is 7.79. The lowest BCUT2D eigenvalue weighted by molar-refractivity contribution is -0.138. The van der Waals surface area contributed by atoms with Gasteiger partial charge in [-0.2, -0.15) is 13.2 Å². The highest BCUT2D eigenvalue weighted by atomic mass is 127. The van der Waals surface area contributed by atoms with Crippen LogP contribution in [-0.2, 0) is 12.6 Å². The fourth-order valence-electron chi connectivity index (χ4n) is 1.88. The molecule has 0 radical (unpaired) electrons. The van der Waals surface area contributed by atoms with Crippen molar-refractivity contribution in [3.05, 3.63) is 67.2 Å². The molecule has 0 unspecified atom stereocenters. The van der Waals surface area contributed by atoms with Crippen molar-refractivity contribution in [2.24, 2.45) is 0 Å². The number of ketones is 1. The summed E-state index contributed by atoms with van der Waals surface area (Å²) in [7, 11) is 0. The van der Waals surface area contributed by atoms with Gasteiger partial charge in [0.2, 0.25) is 0 Å². The summed E-state index contributed by atoms with van der Waals surface area (Å²) in [6, 6.07) is 10.7. The van der Waals surface area contributed by atoms with Crippen LogP contribution in [0.2, 0.25) is 0 Å². The molecule has 0 bridgehead atoms. The highest BCUT2D eigenvalue weighted by Gasteiger charge is 2.35. The van der Waals surface area contributed by atoms with Gasteiger partial charge in [-0.25, -0.2) is 0 Å². The van der Waals surface area contributed by atoms with Crippen molar-refractivity contribution in [1.82, 2.24) is 0 Å². The fraction of sp³-hybridized carbons (Fsp3) is 0.133. The molecule has 0 aliphatic heterocycles. The van der Waals surface area contributed by atoms with E-state index in [-0.39, 0.29) is 12.0 Å². The molecule has 2 rings (SSSR count). The van der Waals surface area contributed by atoms with Gasteiger partial charge in [0.05, 0.1) is 5.56 Å². The van der Waals surface area contributed by atoms with Gasteiger partial charge in [-0.3, -0.25) is 4.79 Å². The van der Waals surface area contributed by atoms with Crippen LogP contribution in [0.25, 0.3) is 0 Å². The lowest BCUT2D eigenvalue weighted by Gasteiger charge is -2.12. The van der Waals surface area contributed by atoms with Gasteiger partial charge in [-0.05, 0) is 58.5 Å². The van der Waals surface area contributed by atoms with E-state index in [9.17, 15) is 18.0 Å². The standard InChI is InChI=1S/C15H9BrF3IO/c16-10-3-6-12(13(8-10)15(17,18)19)14(21)7-9-1-4-11(20)5-2-9/h1-6,8H,7H2. The van der Waals surface area contributed by atoms with Gasteiger partial charge in [-0.1, -0.05) is 28.1 Å². The van der Waals surface area contributed by atoms with Gasteiger partial charge in [0, 0.05) is 20.0 Å². The molecular formula is C15H9BrF3IO. The first-order chi connectivity index (χ1) is 9.77. The summed E-state index contributed by atoms with van der Waals surface area (Å²) >= 11 is 5.12. The van der Waals surface area contributed by atoms with Crippen LogP contribution in [0.3, 0.4) is 0 Å². The predicted molar refractivity (Wildman–Crippen MR) is 86.3 cm³/mol. The minimum Gasteiger partial charge on any atom is -0.294 e. The molecule has 0 spiro atoms. The Bertz CT molecular complexity index is 666. The number of benzene rings is 2. The normalized spacial score (nSPS) is 11.5. The number of hydrogen-bond acceptors (Lipinski definition) is 1. The van der Waals surface area contributed by atoms with Crippen molar-refractivity contribution in [3.63, 3.8) is 0 Å². The van der Waals surface area contributed by atoms with Gasteiger partial charge in [0.1, 0.15) is 0 Å². The van der Waals surface area contributed by atoms with Crippen LogP contribution in [0.5, 0.6) is 0 Å². The van der Waals surface area contributed by atoms with Crippen molar-refractivity contribution in [2.45, 2.75) is 12.6 Å². The number of Topliss-reactive ketones (excluding diaryl/α,β-unsaturated/α-hetero) is 1. The molecule has 0 aliphatic carbocycles. The number of alkyl halides is 3. The van der Waals surface area contributed by atoms with Crippen molar-refractivity contribution >= 4 is 44.3 Å². The molecule has 0 saturated carbocycles. The summed E-state index contributed by atoms with van der Waals surface area (Å²) in [6.07, 6.45) is -4.61. The van der Waals surface area contributed by atoms with Crippen LogP contribution in [0.1, 0.15) is 21.5 Å². The Morgan fingerprint density at radius 1 is 1.10 bits per heavy atom. The summed E-state index contributed by atoms with van der Waals surface area (Å²) in [6.45, 7) is 0. The predicted octanol–water partition coefficient (Wildman–Crippen LogP) is 5.50. The van der Waals surface area contributed by atoms with Crippen LogP contribution >= 0.6 is 38.5 Å². The largest absolute Gasteiger partial charge is 0.417 e. The second-order valence-electron chi connectivity index (χ2n) is 4.41. The lowest BCUT2D eigenvalue weighted by atomic mass is 9.98. The second kappa shape index (κ2) is 6.48. The molecule has 0 fully saturated rings. The maximum atomic E-state index is 13.0. The Kier molecular flexibility index (Phi) is 5.08. The van der Waals surface area contributed by atoms with Crippen LogP contribution < -0.4 is 0 Å². The lowest BCUT2D eigenvalue weighted by Crippen LogP contribution is -2.14. The third-order valence-corrected chi connectivity index (χ3v) is 4.08. The molecule has 21 heavy (non-hydrogen) atoms. The number of carbonyl (C=O) groups is 1. The average Bonchev–Trinajstić information content (AvgIpc) is 2.40. The molecule has 0 heterocycles. The van der Waals surface area contributed by atoms with Crippen molar-refractivity contribution in [1.29, 1.82) is 0 Å². The highest BCUT2D eigenvalue weighted by Crippen LogP contribution is 2.34. The maximum Gasteiger partial charge on any atom is 0.417 e. The third-order valence-electron chi connectivity index (χ3n) is 2.87. The maximum absolute atomic E-state index is 13.0. The molecule has 0 N–H and O–H groups in total. The molecule has 0 saturated heterocycles. The Labute approximate surface area is 141 Å². The molecule has 2 aromatic carbocycles. The number of hydrogen-bond donors (Lipinski definition) is 0. The Morgan fingerprint density at radius 2 is 1.71 bits per heavy atom. The fourth-order valence-corrected chi connectivity index (χ4v) is 2.60. The number of carbonyl (C=O) groups excluding carboxylic acids is 1.